The van der Waals surface area contributed by atoms with Crippen molar-refractivity contribution >= 4 is 6.03 Å². The van der Waals surface area contributed by atoms with E-state index >= 15 is 0 Å². The van der Waals surface area contributed by atoms with Gasteiger partial charge in [-0.3, -0.25) is 10.1 Å². The van der Waals surface area contributed by atoms with Crippen LogP contribution in [0, 0.1) is 0 Å². The number of carbonyl (C=O) groups is 1. The van der Waals surface area contributed by atoms with Crippen LogP contribution in [0.15, 0.2) is 30.6 Å². The molecular weight excluding hydrogens is 302 g/mol. The molecular formula is C18H25N5O. The summed E-state index contributed by atoms with van der Waals surface area (Å²) in [7, 11) is 0. The number of amides is 2. The number of hydrogen-bond acceptors (Lipinski definition) is 3. The number of nitrogens with one attached hydrogen (secondary N) is 2. The number of H-pyrrole nitrogens is 1. The predicted molar refractivity (Wildman–Crippen MR) is 93.7 cm³/mol. The van der Waals surface area contributed by atoms with Gasteiger partial charge in [0.05, 0.1) is 5.69 Å². The minimum absolute atomic E-state index is 0.0731. The zero-order valence-corrected chi connectivity index (χ0v) is 14.2. The van der Waals surface area contributed by atoms with E-state index < -0.39 is 0 Å². The van der Waals surface area contributed by atoms with Crippen molar-refractivity contribution in [2.45, 2.75) is 38.5 Å². The number of pyridine rings is 1. The number of nitrogens with zero attached hydrogens (tertiary/aromatic N) is 3. The third-order valence-corrected chi connectivity index (χ3v) is 4.60. The third-order valence-electron chi connectivity index (χ3n) is 4.60. The van der Waals surface area contributed by atoms with Gasteiger partial charge in [0.25, 0.3) is 0 Å². The van der Waals surface area contributed by atoms with E-state index in [2.05, 4.69) is 33.5 Å². The summed E-state index contributed by atoms with van der Waals surface area (Å²) in [6, 6.07) is 6.12. The van der Waals surface area contributed by atoms with Crippen molar-refractivity contribution in [3.63, 3.8) is 0 Å². The van der Waals surface area contributed by atoms with E-state index in [1.54, 1.807) is 12.4 Å². The van der Waals surface area contributed by atoms with Gasteiger partial charge in [0.1, 0.15) is 0 Å². The van der Waals surface area contributed by atoms with Crippen LogP contribution in [0.3, 0.4) is 0 Å². The van der Waals surface area contributed by atoms with Crippen LogP contribution in [0.2, 0.25) is 0 Å². The summed E-state index contributed by atoms with van der Waals surface area (Å²) < 4.78 is 0. The molecule has 24 heavy (non-hydrogen) atoms. The van der Waals surface area contributed by atoms with E-state index in [4.69, 9.17) is 0 Å². The quantitative estimate of drug-likeness (QED) is 0.828. The molecule has 1 fully saturated rings. The largest absolute Gasteiger partial charge is 0.338 e. The number of urea groups is 1. The highest BCUT2D eigenvalue weighted by molar-refractivity contribution is 5.74. The molecule has 1 saturated heterocycles. The second-order valence-electron chi connectivity index (χ2n) is 6.29. The highest BCUT2D eigenvalue weighted by Gasteiger charge is 2.24. The van der Waals surface area contributed by atoms with Crippen LogP contribution in [-0.4, -0.2) is 45.7 Å². The van der Waals surface area contributed by atoms with E-state index in [1.165, 1.54) is 0 Å². The molecule has 0 aliphatic carbocycles. The number of hydrogen-bond donors (Lipinski definition) is 2. The second-order valence-corrected chi connectivity index (χ2v) is 6.29. The van der Waals surface area contributed by atoms with Gasteiger partial charge in [-0.05, 0) is 37.5 Å². The lowest BCUT2D eigenvalue weighted by Crippen LogP contribution is -2.44. The second kappa shape index (κ2) is 7.95. The molecule has 6 heteroatoms. The fraction of sp³-hybridized carbons (Fsp3) is 0.500. The van der Waals surface area contributed by atoms with Crippen LogP contribution in [0.25, 0.3) is 11.3 Å². The van der Waals surface area contributed by atoms with Gasteiger partial charge < -0.3 is 10.2 Å². The normalized spacial score (nSPS) is 15.5. The number of rotatable bonds is 5. The Morgan fingerprint density at radius 1 is 1.33 bits per heavy atom. The van der Waals surface area contributed by atoms with Crippen molar-refractivity contribution in [3.8, 4) is 11.3 Å². The number of likely N-dealkylation sites (tertiary alicyclic amines) is 1. The van der Waals surface area contributed by atoms with Crippen LogP contribution < -0.4 is 5.32 Å². The molecule has 6 nitrogen and oxygen atoms in total. The van der Waals surface area contributed by atoms with Crippen molar-refractivity contribution in [2.24, 2.45) is 0 Å². The highest BCUT2D eigenvalue weighted by Crippen LogP contribution is 2.29. The van der Waals surface area contributed by atoms with Gasteiger partial charge in [0.15, 0.2) is 0 Å². The lowest BCUT2D eigenvalue weighted by atomic mass is 9.93. The monoisotopic (exact) mass is 327 g/mol. The summed E-state index contributed by atoms with van der Waals surface area (Å²) in [6.07, 6.45) is 7.63. The van der Waals surface area contributed by atoms with Crippen LogP contribution in [0.5, 0.6) is 0 Å². The summed E-state index contributed by atoms with van der Waals surface area (Å²) in [5, 5.41) is 10.6. The molecule has 1 aliphatic heterocycles. The average molecular weight is 327 g/mol. The van der Waals surface area contributed by atoms with E-state index in [-0.39, 0.29) is 6.03 Å². The lowest BCUT2D eigenvalue weighted by Gasteiger charge is -2.31. The first kappa shape index (κ1) is 16.5. The lowest BCUT2D eigenvalue weighted by molar-refractivity contribution is 0.181. The zero-order chi connectivity index (χ0) is 16.8. The maximum atomic E-state index is 12.1. The van der Waals surface area contributed by atoms with E-state index in [0.717, 1.165) is 62.3 Å². The number of aromatic amines is 1. The minimum atomic E-state index is 0.0731. The number of piperidine rings is 1. The Bertz CT molecular complexity index is 646. The Morgan fingerprint density at radius 3 is 2.79 bits per heavy atom. The fourth-order valence-corrected chi connectivity index (χ4v) is 3.09. The zero-order valence-electron chi connectivity index (χ0n) is 14.2. The van der Waals surface area contributed by atoms with Gasteiger partial charge in [-0.25, -0.2) is 4.79 Å². The summed E-state index contributed by atoms with van der Waals surface area (Å²) >= 11 is 0. The first-order valence-electron chi connectivity index (χ1n) is 8.76. The van der Waals surface area contributed by atoms with Gasteiger partial charge in [0.2, 0.25) is 0 Å². The van der Waals surface area contributed by atoms with Gasteiger partial charge >= 0.3 is 6.03 Å². The molecule has 0 unspecified atom stereocenters. The van der Waals surface area contributed by atoms with E-state index in [9.17, 15) is 4.79 Å². The van der Waals surface area contributed by atoms with Gasteiger partial charge in [-0.15, -0.1) is 0 Å². The van der Waals surface area contributed by atoms with Gasteiger partial charge in [-0.2, -0.15) is 5.10 Å². The first-order valence-corrected chi connectivity index (χ1v) is 8.76. The molecule has 2 N–H and O–H groups in total. The smallest absolute Gasteiger partial charge is 0.317 e. The molecule has 3 heterocycles. The molecule has 1 aliphatic rings. The molecule has 0 atom stereocenters. The van der Waals surface area contributed by atoms with E-state index in [0.29, 0.717) is 5.92 Å². The Morgan fingerprint density at radius 2 is 2.08 bits per heavy atom. The van der Waals surface area contributed by atoms with Crippen molar-refractivity contribution in [3.05, 3.63) is 36.3 Å². The molecule has 0 saturated carbocycles. The fourth-order valence-electron chi connectivity index (χ4n) is 3.09. The molecule has 3 rings (SSSR count). The van der Waals surface area contributed by atoms with Crippen molar-refractivity contribution in [1.82, 2.24) is 25.4 Å². The Kier molecular flexibility index (Phi) is 5.46. The minimum Gasteiger partial charge on any atom is -0.338 e. The standard InChI is InChI=1S/C18H25N5O/c1-2-3-8-20-18(24)23-11-6-15(7-12-23)17-13-16(21-22-17)14-4-9-19-10-5-14/h4-5,9-10,13,15H,2-3,6-8,11-12H2,1H3,(H,20,24)(H,21,22). The average Bonchev–Trinajstić information content (AvgIpc) is 3.13. The van der Waals surface area contributed by atoms with Crippen molar-refractivity contribution < 1.29 is 4.79 Å². The SMILES string of the molecule is CCCCNC(=O)N1CCC(c2cc(-c3ccncc3)n[nH]2)CC1. The predicted octanol–water partition coefficient (Wildman–Crippen LogP) is 3.16. The highest BCUT2D eigenvalue weighted by atomic mass is 16.2. The van der Waals surface area contributed by atoms with Crippen LogP contribution in [0.4, 0.5) is 4.79 Å². The van der Waals surface area contributed by atoms with Crippen LogP contribution in [0.1, 0.15) is 44.2 Å². The third kappa shape index (κ3) is 3.93. The van der Waals surface area contributed by atoms with E-state index in [1.807, 2.05) is 17.0 Å². The van der Waals surface area contributed by atoms with Crippen molar-refractivity contribution in [2.75, 3.05) is 19.6 Å². The molecule has 0 bridgehead atoms. The summed E-state index contributed by atoms with van der Waals surface area (Å²) in [6.45, 7) is 4.49. The van der Waals surface area contributed by atoms with Gasteiger partial charge in [-0.1, -0.05) is 13.3 Å². The van der Waals surface area contributed by atoms with Gasteiger partial charge in [0, 0.05) is 49.2 Å². The number of aromatic nitrogens is 3. The van der Waals surface area contributed by atoms with Crippen LogP contribution >= 0.6 is 0 Å². The number of carbonyl (C=O) groups excluding carboxylic acids is 1. The summed E-state index contributed by atoms with van der Waals surface area (Å²) in [4.78, 5) is 18.1. The maximum absolute atomic E-state index is 12.1. The molecule has 128 valence electrons. The Hall–Kier alpha value is -2.37. The molecule has 0 spiro atoms. The molecule has 2 amide bonds. The molecule has 0 radical (unpaired) electrons. The van der Waals surface area contributed by atoms with Crippen LogP contribution in [-0.2, 0) is 0 Å². The van der Waals surface area contributed by atoms with Crippen molar-refractivity contribution in [1.29, 1.82) is 0 Å². The Balaban J connectivity index is 1.54. The summed E-state index contributed by atoms with van der Waals surface area (Å²) in [5.41, 5.74) is 3.18. The maximum Gasteiger partial charge on any atom is 0.317 e. The topological polar surface area (TPSA) is 73.9 Å². The molecule has 2 aromatic rings. The number of unbranched alkanes of at least 4 members (excludes halogenated alkanes) is 1. The summed E-state index contributed by atoms with van der Waals surface area (Å²) in [5.74, 6) is 0.438. The first-order chi connectivity index (χ1) is 11.8. The Labute approximate surface area is 142 Å². The molecule has 0 aromatic carbocycles. The molecule has 2 aromatic heterocycles.